The number of carbonyl (C=O) groups is 2. The first kappa shape index (κ1) is 54.6. The zero-order valence-corrected chi connectivity index (χ0v) is 38.5. The minimum absolute atomic E-state index is 0.230. The third-order valence-corrected chi connectivity index (χ3v) is 14.8. The van der Waals surface area contributed by atoms with Crippen LogP contribution in [0.1, 0.15) is 148 Å². The van der Waals surface area contributed by atoms with E-state index in [2.05, 4.69) is 50.4 Å². The molecule has 2 aliphatic rings. The molecule has 0 fully saturated rings. The van der Waals surface area contributed by atoms with E-state index in [9.17, 15) is 41.0 Å². The van der Waals surface area contributed by atoms with Crippen LogP contribution < -0.4 is 21.0 Å². The summed E-state index contributed by atoms with van der Waals surface area (Å²) in [5.74, 6) is -3.86. The number of carbonyl (C=O) groups excluding carboxylic acids is 2. The van der Waals surface area contributed by atoms with Crippen molar-refractivity contribution in [1.29, 1.82) is 0 Å². The van der Waals surface area contributed by atoms with Crippen LogP contribution in [0.4, 0.5) is 26.3 Å². The number of amides is 2. The van der Waals surface area contributed by atoms with Crippen molar-refractivity contribution in [1.82, 2.24) is 10.6 Å². The average Bonchev–Trinajstić information content (AvgIpc) is 3.27. The van der Waals surface area contributed by atoms with Crippen molar-refractivity contribution in [2.24, 2.45) is 0 Å². The normalized spacial score (nSPS) is 17.9. The van der Waals surface area contributed by atoms with Gasteiger partial charge in [0.15, 0.2) is 0 Å². The molecule has 0 spiro atoms. The number of nitrogens with one attached hydrogen (secondary N) is 2. The van der Waals surface area contributed by atoms with E-state index in [1.165, 1.54) is 0 Å². The molecule has 4 aromatic rings. The summed E-state index contributed by atoms with van der Waals surface area (Å²) in [6.07, 6.45) is -9.30. The van der Waals surface area contributed by atoms with Crippen molar-refractivity contribution in [2.75, 3.05) is 0 Å². The van der Waals surface area contributed by atoms with Gasteiger partial charge in [0.1, 0.15) is 0 Å². The van der Waals surface area contributed by atoms with Gasteiger partial charge in [0.25, 0.3) is 8.32 Å². The Morgan fingerprint density at radius 1 is 0.525 bits per heavy atom. The van der Waals surface area contributed by atoms with Crippen molar-refractivity contribution in [2.45, 2.75) is 144 Å². The molecule has 61 heavy (non-hydrogen) atoms. The van der Waals surface area contributed by atoms with E-state index >= 15 is 0 Å². The molecule has 0 saturated carbocycles. The van der Waals surface area contributed by atoms with Crippen LogP contribution >= 0.6 is 0 Å². The number of aliphatic hydroxyl groups excluding tert-OH is 1. The second-order valence-electron chi connectivity index (χ2n) is 14.2. The van der Waals surface area contributed by atoms with Crippen LogP contribution in [0.2, 0.25) is 5.04 Å². The molecule has 0 radical (unpaired) electrons. The van der Waals surface area contributed by atoms with Crippen LogP contribution in [0.25, 0.3) is 0 Å². The Morgan fingerprint density at radius 3 is 1.23 bits per heavy atom. The third-order valence-electron chi connectivity index (χ3n) is 9.76. The molecule has 6 nitrogen and oxygen atoms in total. The van der Waals surface area contributed by atoms with Gasteiger partial charge in [0.05, 0.1) is 24.3 Å². The van der Waals surface area contributed by atoms with Gasteiger partial charge in [0, 0.05) is 0 Å². The molecule has 338 valence electrons. The highest BCUT2D eigenvalue weighted by Gasteiger charge is 2.52. The Labute approximate surface area is 360 Å². The van der Waals surface area contributed by atoms with Crippen LogP contribution in [0, 0.1) is 0 Å². The highest BCUT2D eigenvalue weighted by Crippen LogP contribution is 2.45. The van der Waals surface area contributed by atoms with Gasteiger partial charge in [-0.15, -0.1) is 0 Å². The fourth-order valence-electron chi connectivity index (χ4n) is 7.32. The summed E-state index contributed by atoms with van der Waals surface area (Å²) in [6, 6.07) is 33.1. The molecule has 0 unspecified atom stereocenters. The predicted molar refractivity (Wildman–Crippen MR) is 237 cm³/mol. The molecule has 0 saturated heterocycles. The van der Waals surface area contributed by atoms with E-state index in [0.29, 0.717) is 42.4 Å². The van der Waals surface area contributed by atoms with Crippen LogP contribution in [-0.4, -0.2) is 37.6 Å². The number of benzene rings is 4. The Bertz CT molecular complexity index is 1830. The summed E-state index contributed by atoms with van der Waals surface area (Å²) in [4.78, 5) is 22.6. The number of fused-ring (bicyclic) bond motifs is 2. The molecule has 0 aromatic heterocycles. The molecule has 4 atom stereocenters. The molecule has 4 aromatic carbocycles. The largest absolute Gasteiger partial charge is 0.471 e. The maximum absolute atomic E-state index is 13.0. The lowest BCUT2D eigenvalue weighted by Crippen LogP contribution is -2.67. The quantitative estimate of drug-likeness (QED) is 0.133. The molecular formula is C48H66F6N2O4Si. The second kappa shape index (κ2) is 25.5. The van der Waals surface area contributed by atoms with Gasteiger partial charge in [-0.05, 0) is 63.3 Å². The van der Waals surface area contributed by atoms with Crippen molar-refractivity contribution in [3.05, 3.63) is 131 Å². The zero-order valence-electron chi connectivity index (χ0n) is 37.5. The van der Waals surface area contributed by atoms with Crippen molar-refractivity contribution in [3.8, 4) is 0 Å². The number of hydrogen-bond acceptors (Lipinski definition) is 4. The number of halogens is 6. The number of rotatable bonds is 6. The molecule has 13 heteroatoms. The topological polar surface area (TPSA) is 87.7 Å². The maximum atomic E-state index is 13.0. The Morgan fingerprint density at radius 2 is 0.852 bits per heavy atom. The lowest BCUT2D eigenvalue weighted by atomic mass is 9.86. The highest BCUT2D eigenvalue weighted by molar-refractivity contribution is 6.99. The Balaban J connectivity index is 0.000000601. The first-order valence-corrected chi connectivity index (χ1v) is 23.2. The van der Waals surface area contributed by atoms with Crippen LogP contribution in [-0.2, 0) is 14.0 Å². The van der Waals surface area contributed by atoms with Gasteiger partial charge in [-0.3, -0.25) is 9.59 Å². The summed E-state index contributed by atoms with van der Waals surface area (Å²) < 4.78 is 82.7. The van der Waals surface area contributed by atoms with Crippen molar-refractivity contribution >= 4 is 30.5 Å². The van der Waals surface area contributed by atoms with Crippen LogP contribution in [0.3, 0.4) is 0 Å². The van der Waals surface area contributed by atoms with E-state index in [0.717, 1.165) is 15.9 Å². The van der Waals surface area contributed by atoms with Gasteiger partial charge >= 0.3 is 24.2 Å². The summed E-state index contributed by atoms with van der Waals surface area (Å²) in [5, 5.41) is 15.9. The number of hydrogen-bond donors (Lipinski definition) is 3. The van der Waals surface area contributed by atoms with Gasteiger partial charge in [0.2, 0.25) is 0 Å². The average molecular weight is 877 g/mol. The van der Waals surface area contributed by atoms with E-state index < -0.39 is 50.7 Å². The molecule has 0 heterocycles. The van der Waals surface area contributed by atoms with E-state index in [-0.39, 0.29) is 11.1 Å². The fraction of sp³-hybridized carbons (Fsp3) is 0.458. The number of aliphatic hydroxyl groups is 1. The fourth-order valence-corrected chi connectivity index (χ4v) is 12.0. The predicted octanol–water partition coefficient (Wildman–Crippen LogP) is 12.2. The van der Waals surface area contributed by atoms with Gasteiger partial charge in [-0.2, -0.15) is 26.3 Å². The number of alkyl halides is 6. The minimum Gasteiger partial charge on any atom is -0.400 e. The molecule has 0 aliphatic heterocycles. The molecular weight excluding hydrogens is 811 g/mol. The van der Waals surface area contributed by atoms with Crippen molar-refractivity contribution in [3.63, 3.8) is 0 Å². The summed E-state index contributed by atoms with van der Waals surface area (Å²) >= 11 is 0. The van der Waals surface area contributed by atoms with Gasteiger partial charge in [-0.1, -0.05) is 185 Å². The smallest absolute Gasteiger partial charge is 0.400 e. The monoisotopic (exact) mass is 876 g/mol. The Kier molecular flexibility index (Phi) is 22.8. The molecule has 2 aliphatic carbocycles. The SMILES string of the molecule is CC.CC.CC.CC.CC(C)(C)[Si](O[C@@H]1CC[C@@H](NC(=O)C(F)(F)F)c2ccccc21)(c1ccccc1)c1ccccc1.O=C(N[C@@H]1CC[C@@H](O)c2ccccc21)C(F)(F)F. The molecule has 0 bridgehead atoms. The third kappa shape index (κ3) is 14.3. The lowest BCUT2D eigenvalue weighted by molar-refractivity contribution is -0.174. The van der Waals surface area contributed by atoms with Crippen LogP contribution in [0.15, 0.2) is 109 Å². The van der Waals surface area contributed by atoms with E-state index in [4.69, 9.17) is 4.43 Å². The molecule has 2 amide bonds. The first-order chi connectivity index (χ1) is 28.9. The zero-order chi connectivity index (χ0) is 46.6. The van der Waals surface area contributed by atoms with Gasteiger partial charge < -0.3 is 20.2 Å². The first-order valence-electron chi connectivity index (χ1n) is 21.3. The van der Waals surface area contributed by atoms with Crippen LogP contribution in [0.5, 0.6) is 0 Å². The second-order valence-corrected chi connectivity index (χ2v) is 18.5. The standard InChI is InChI=1S/C28H30F3NO2Si.C12H12F3NO2.4C2H6/c1-27(2,3)35(20-12-6-4-7-13-20,21-14-8-5-9-15-21)34-25-19-18-24(32-26(33)28(29,30)31)22-16-10-11-17-23(22)25;13-12(14,15)11(18)16-9-5-6-10(17)8-4-2-1-3-7(8)9;4*1-2/h4-17,24-25H,18-19H2,1-3H3,(H,32,33);1-4,9-10,17H,5-6H2,(H,16,18);4*1-2H3/t24-,25-;9-,10-;;;;/m11..../s1. The molecule has 6 rings (SSSR count). The maximum Gasteiger partial charge on any atom is 0.471 e. The van der Waals surface area contributed by atoms with Gasteiger partial charge in [-0.25, -0.2) is 0 Å². The summed E-state index contributed by atoms with van der Waals surface area (Å²) in [7, 11) is -2.86. The Hall–Kier alpha value is -4.46. The summed E-state index contributed by atoms with van der Waals surface area (Å²) in [5.41, 5.74) is 2.64. The minimum atomic E-state index is -4.92. The van der Waals surface area contributed by atoms with E-state index in [1.807, 2.05) is 109 Å². The summed E-state index contributed by atoms with van der Waals surface area (Å²) in [6.45, 7) is 22.6. The highest BCUT2D eigenvalue weighted by atomic mass is 28.4. The lowest BCUT2D eigenvalue weighted by Gasteiger charge is -2.46. The van der Waals surface area contributed by atoms with Crippen molar-refractivity contribution < 1.29 is 45.5 Å². The van der Waals surface area contributed by atoms with E-state index in [1.54, 1.807) is 36.4 Å². The molecule has 3 N–H and O–H groups in total.